The van der Waals surface area contributed by atoms with Gasteiger partial charge in [-0.15, -0.1) is 0 Å². The summed E-state index contributed by atoms with van der Waals surface area (Å²) in [4.78, 5) is 27.2. The molecule has 1 aliphatic rings. The van der Waals surface area contributed by atoms with Crippen LogP contribution in [0.25, 0.3) is 6.08 Å². The zero-order valence-electron chi connectivity index (χ0n) is 18.2. The van der Waals surface area contributed by atoms with Crippen LogP contribution in [0.3, 0.4) is 0 Å². The molecule has 9 heteroatoms. The van der Waals surface area contributed by atoms with Gasteiger partial charge in [0.2, 0.25) is 0 Å². The summed E-state index contributed by atoms with van der Waals surface area (Å²) in [6, 6.07) is 19.6. The van der Waals surface area contributed by atoms with E-state index in [-0.39, 0.29) is 10.7 Å². The van der Waals surface area contributed by atoms with E-state index in [0.717, 1.165) is 0 Å². The molecule has 2 amide bonds. The lowest BCUT2D eigenvalue weighted by Crippen LogP contribution is -2.54. The van der Waals surface area contributed by atoms with Crippen molar-refractivity contribution in [2.45, 2.75) is 0 Å². The van der Waals surface area contributed by atoms with Crippen molar-refractivity contribution in [2.75, 3.05) is 19.1 Å². The predicted octanol–water partition coefficient (Wildman–Crippen LogP) is 5.09. The van der Waals surface area contributed by atoms with Crippen LogP contribution in [0.2, 0.25) is 0 Å². The number of methoxy groups -OCH3 is 2. The number of carbonyl (C=O) groups excluding carboxylic acids is 2. The molecular weight excluding hydrogens is 520 g/mol. The molecule has 4 rings (SSSR count). The Morgan fingerprint density at radius 1 is 0.941 bits per heavy atom. The van der Waals surface area contributed by atoms with E-state index in [1.54, 1.807) is 36.4 Å². The minimum absolute atomic E-state index is 0.00244. The molecule has 1 fully saturated rings. The number of para-hydroxylation sites is 1. The first kappa shape index (κ1) is 23.5. The van der Waals surface area contributed by atoms with Crippen LogP contribution in [-0.2, 0) is 9.59 Å². The third-order valence-corrected chi connectivity index (χ3v) is 5.82. The first-order valence-corrected chi connectivity index (χ1v) is 11.3. The van der Waals surface area contributed by atoms with Crippen LogP contribution in [0, 0.1) is 0 Å². The van der Waals surface area contributed by atoms with Crippen LogP contribution >= 0.6 is 28.1 Å². The quantitative estimate of drug-likeness (QED) is 0.267. The van der Waals surface area contributed by atoms with Crippen LogP contribution in [0.4, 0.5) is 5.69 Å². The van der Waals surface area contributed by atoms with Crippen molar-refractivity contribution in [3.8, 4) is 23.0 Å². The molecule has 0 saturated carbocycles. The normalized spacial score (nSPS) is 14.7. The fourth-order valence-electron chi connectivity index (χ4n) is 3.37. The van der Waals surface area contributed by atoms with E-state index < -0.39 is 11.8 Å². The fourth-order valence-corrected chi connectivity index (χ4v) is 4.27. The maximum atomic E-state index is 13.3. The second kappa shape index (κ2) is 10.1. The smallest absolute Gasteiger partial charge is 0.270 e. The van der Waals surface area contributed by atoms with Gasteiger partial charge in [0, 0.05) is 0 Å². The first-order valence-electron chi connectivity index (χ1n) is 10.1. The Labute approximate surface area is 210 Å². The summed E-state index contributed by atoms with van der Waals surface area (Å²) in [5.41, 5.74) is 0.995. The number of carbonyl (C=O) groups is 2. The Hall–Kier alpha value is -3.69. The lowest BCUT2D eigenvalue weighted by Gasteiger charge is -2.29. The van der Waals surface area contributed by atoms with Crippen LogP contribution in [-0.4, -0.2) is 31.1 Å². The molecule has 1 saturated heterocycles. The van der Waals surface area contributed by atoms with Gasteiger partial charge in [-0.1, -0.05) is 18.2 Å². The van der Waals surface area contributed by atoms with Gasteiger partial charge in [-0.3, -0.25) is 19.8 Å². The van der Waals surface area contributed by atoms with Crippen molar-refractivity contribution in [1.29, 1.82) is 0 Å². The van der Waals surface area contributed by atoms with Crippen LogP contribution in [0.15, 0.2) is 76.8 Å². The minimum Gasteiger partial charge on any atom is -0.493 e. The number of rotatable bonds is 6. The van der Waals surface area contributed by atoms with E-state index in [1.807, 2.05) is 30.3 Å². The van der Waals surface area contributed by atoms with Gasteiger partial charge in [0.15, 0.2) is 16.6 Å². The van der Waals surface area contributed by atoms with Gasteiger partial charge >= 0.3 is 0 Å². The molecule has 0 radical (unpaired) electrons. The Kier molecular flexibility index (Phi) is 6.95. The Bertz CT molecular complexity index is 1290. The second-order valence-corrected chi connectivity index (χ2v) is 8.35. The summed E-state index contributed by atoms with van der Waals surface area (Å²) in [6.07, 6.45) is 1.48. The number of nitrogens with one attached hydrogen (secondary N) is 1. The molecule has 3 aromatic rings. The van der Waals surface area contributed by atoms with Gasteiger partial charge in [-0.25, -0.2) is 0 Å². The summed E-state index contributed by atoms with van der Waals surface area (Å²) in [7, 11) is 3.03. The maximum Gasteiger partial charge on any atom is 0.270 e. The van der Waals surface area contributed by atoms with Gasteiger partial charge < -0.3 is 14.2 Å². The van der Waals surface area contributed by atoms with Crippen LogP contribution < -0.4 is 24.4 Å². The summed E-state index contributed by atoms with van der Waals surface area (Å²) in [5.74, 6) is 1.12. The average molecular weight is 539 g/mol. The molecule has 1 aliphatic heterocycles. The molecule has 3 aromatic carbocycles. The van der Waals surface area contributed by atoms with E-state index >= 15 is 0 Å². The number of halogens is 1. The van der Waals surface area contributed by atoms with E-state index in [9.17, 15) is 9.59 Å². The van der Waals surface area contributed by atoms with E-state index in [1.165, 1.54) is 25.2 Å². The SMILES string of the molecule is COc1cc(C=C2C(=O)NC(=S)N(c3ccc(Oc4ccccc4)cc3)C2=O)cc(Br)c1OC. The highest BCUT2D eigenvalue weighted by molar-refractivity contribution is 9.10. The number of hydrogen-bond acceptors (Lipinski definition) is 6. The molecule has 0 bridgehead atoms. The maximum absolute atomic E-state index is 13.3. The largest absolute Gasteiger partial charge is 0.493 e. The molecule has 1 N–H and O–H groups in total. The number of anilines is 1. The monoisotopic (exact) mass is 538 g/mol. The zero-order chi connectivity index (χ0) is 24.2. The predicted molar refractivity (Wildman–Crippen MR) is 136 cm³/mol. The van der Waals surface area contributed by atoms with E-state index in [0.29, 0.717) is 38.7 Å². The van der Waals surface area contributed by atoms with Crippen molar-refractivity contribution >= 4 is 56.8 Å². The number of ether oxygens (including phenoxy) is 3. The molecule has 172 valence electrons. The third kappa shape index (κ3) is 4.80. The molecule has 34 heavy (non-hydrogen) atoms. The standard InChI is InChI=1S/C25H19BrN2O5S/c1-31-21-14-15(13-20(26)22(21)32-2)12-19-23(29)27-25(34)28(24(19)30)16-8-10-18(11-9-16)33-17-6-4-3-5-7-17/h3-14H,1-2H3,(H,27,29,34). The van der Waals surface area contributed by atoms with Gasteiger partial charge in [-0.05, 0) is 88.3 Å². The first-order chi connectivity index (χ1) is 16.4. The highest BCUT2D eigenvalue weighted by Crippen LogP contribution is 2.37. The molecule has 7 nitrogen and oxygen atoms in total. The highest BCUT2D eigenvalue weighted by atomic mass is 79.9. The number of benzene rings is 3. The summed E-state index contributed by atoms with van der Waals surface area (Å²) >= 11 is 8.70. The molecule has 0 aromatic heterocycles. The van der Waals surface area contributed by atoms with Gasteiger partial charge in [0.25, 0.3) is 11.8 Å². The Morgan fingerprint density at radius 3 is 2.26 bits per heavy atom. The van der Waals surface area contributed by atoms with E-state index in [2.05, 4.69) is 21.2 Å². The van der Waals surface area contributed by atoms with Crippen molar-refractivity contribution in [1.82, 2.24) is 5.32 Å². The Balaban J connectivity index is 1.63. The minimum atomic E-state index is -0.582. The molecule has 0 spiro atoms. The third-order valence-electron chi connectivity index (χ3n) is 4.94. The summed E-state index contributed by atoms with van der Waals surface area (Å²) in [6.45, 7) is 0. The molecule has 1 heterocycles. The van der Waals surface area contributed by atoms with E-state index in [4.69, 9.17) is 26.4 Å². The van der Waals surface area contributed by atoms with Crippen molar-refractivity contribution in [3.05, 3.63) is 82.3 Å². The molecule has 0 atom stereocenters. The van der Waals surface area contributed by atoms with Gasteiger partial charge in [0.05, 0.1) is 24.4 Å². The van der Waals surface area contributed by atoms with Gasteiger partial charge in [-0.2, -0.15) is 0 Å². The highest BCUT2D eigenvalue weighted by Gasteiger charge is 2.34. The topological polar surface area (TPSA) is 77.1 Å². The molecular formula is C25H19BrN2O5S. The number of hydrogen-bond donors (Lipinski definition) is 1. The lowest BCUT2D eigenvalue weighted by atomic mass is 10.1. The average Bonchev–Trinajstić information content (AvgIpc) is 2.83. The number of amides is 2. The van der Waals surface area contributed by atoms with Crippen LogP contribution in [0.1, 0.15) is 5.56 Å². The van der Waals surface area contributed by atoms with Crippen LogP contribution in [0.5, 0.6) is 23.0 Å². The van der Waals surface area contributed by atoms with Crippen molar-refractivity contribution < 1.29 is 23.8 Å². The second-order valence-electron chi connectivity index (χ2n) is 7.11. The summed E-state index contributed by atoms with van der Waals surface area (Å²) < 4.78 is 17.1. The Morgan fingerprint density at radius 2 is 1.62 bits per heavy atom. The lowest BCUT2D eigenvalue weighted by molar-refractivity contribution is -0.122. The zero-order valence-corrected chi connectivity index (χ0v) is 20.6. The molecule has 0 unspecified atom stereocenters. The number of thiocarbonyl (C=S) groups is 1. The van der Waals surface area contributed by atoms with Crippen molar-refractivity contribution in [2.24, 2.45) is 0 Å². The molecule has 0 aliphatic carbocycles. The number of nitrogens with zero attached hydrogens (tertiary/aromatic N) is 1. The fraction of sp³-hybridized carbons (Fsp3) is 0.0800. The van der Waals surface area contributed by atoms with Crippen molar-refractivity contribution in [3.63, 3.8) is 0 Å². The summed E-state index contributed by atoms with van der Waals surface area (Å²) in [5, 5.41) is 2.58. The van der Waals surface area contributed by atoms with Gasteiger partial charge in [0.1, 0.15) is 17.1 Å².